The summed E-state index contributed by atoms with van der Waals surface area (Å²) in [4.78, 5) is 32.9. The van der Waals surface area contributed by atoms with Crippen molar-refractivity contribution in [3.63, 3.8) is 0 Å². The Balaban J connectivity index is 1.67. The number of nitrogens with zero attached hydrogens (tertiary/aromatic N) is 3. The maximum atomic E-state index is 13.3. The third kappa shape index (κ3) is 4.83. The van der Waals surface area contributed by atoms with Crippen LogP contribution in [-0.4, -0.2) is 50.3 Å². The molecule has 2 fully saturated rings. The van der Waals surface area contributed by atoms with Gasteiger partial charge in [-0.05, 0) is 37.5 Å². The van der Waals surface area contributed by atoms with Gasteiger partial charge in [0.15, 0.2) is 0 Å². The van der Waals surface area contributed by atoms with Crippen molar-refractivity contribution in [3.8, 4) is 0 Å². The van der Waals surface area contributed by atoms with Gasteiger partial charge in [-0.2, -0.15) is 0 Å². The fraction of sp³-hybridized carbons (Fsp3) is 0.455. The van der Waals surface area contributed by atoms with Crippen LogP contribution >= 0.6 is 24.0 Å². The Labute approximate surface area is 190 Å². The molecule has 31 heavy (non-hydrogen) atoms. The van der Waals surface area contributed by atoms with Crippen molar-refractivity contribution in [1.29, 1.82) is 0 Å². The average Bonchev–Trinajstić information content (AvgIpc) is 3.38. The van der Waals surface area contributed by atoms with Gasteiger partial charge in [0.05, 0.1) is 16.6 Å². The van der Waals surface area contributed by atoms with Crippen LogP contribution in [0.5, 0.6) is 0 Å². The number of pyridine rings is 1. The summed E-state index contributed by atoms with van der Waals surface area (Å²) in [6.07, 6.45) is 8.45. The molecule has 4 heterocycles. The zero-order chi connectivity index (χ0) is 21.8. The smallest absolute Gasteiger partial charge is 0.267 e. The molecule has 1 unspecified atom stereocenters. The minimum Gasteiger partial charge on any atom is -0.376 e. The maximum Gasteiger partial charge on any atom is 0.267 e. The van der Waals surface area contributed by atoms with E-state index in [9.17, 15) is 9.59 Å². The predicted octanol–water partition coefficient (Wildman–Crippen LogP) is 3.68. The van der Waals surface area contributed by atoms with Gasteiger partial charge in [-0.15, -0.1) is 0 Å². The Morgan fingerprint density at radius 1 is 1.35 bits per heavy atom. The number of hydrogen-bond acceptors (Lipinski definition) is 7. The highest BCUT2D eigenvalue weighted by Crippen LogP contribution is 2.33. The minimum atomic E-state index is -0.225. The monoisotopic (exact) mass is 458 g/mol. The summed E-state index contributed by atoms with van der Waals surface area (Å²) in [5.41, 5.74) is 0.680. The van der Waals surface area contributed by atoms with Gasteiger partial charge in [0.25, 0.3) is 11.5 Å². The molecule has 2 aromatic heterocycles. The van der Waals surface area contributed by atoms with Crippen molar-refractivity contribution in [1.82, 2.24) is 14.3 Å². The molecule has 1 amide bonds. The molecule has 0 aliphatic carbocycles. The molecular formula is C22H26N4O3S2. The van der Waals surface area contributed by atoms with E-state index >= 15 is 0 Å². The van der Waals surface area contributed by atoms with Crippen molar-refractivity contribution < 1.29 is 9.53 Å². The van der Waals surface area contributed by atoms with E-state index in [1.165, 1.54) is 16.2 Å². The fourth-order valence-electron chi connectivity index (χ4n) is 3.73. The van der Waals surface area contributed by atoms with E-state index in [2.05, 4.69) is 17.2 Å². The SMILES string of the molecule is CCCCCN1C(=O)/C(=C\c2c(NCC3CCCO3)nc3ccccn3c2=O)SC1=S. The van der Waals surface area contributed by atoms with Crippen LogP contribution in [0, 0.1) is 0 Å². The predicted molar refractivity (Wildman–Crippen MR) is 128 cm³/mol. The number of amides is 1. The normalized spacial score (nSPS) is 20.4. The average molecular weight is 459 g/mol. The highest BCUT2D eigenvalue weighted by molar-refractivity contribution is 8.26. The van der Waals surface area contributed by atoms with Gasteiger partial charge in [0.1, 0.15) is 15.8 Å². The number of anilines is 1. The summed E-state index contributed by atoms with van der Waals surface area (Å²) in [5, 5.41) is 3.28. The molecule has 2 aliphatic rings. The number of nitrogens with one attached hydrogen (secondary N) is 1. The van der Waals surface area contributed by atoms with Gasteiger partial charge in [0, 0.05) is 25.9 Å². The first-order chi connectivity index (χ1) is 15.1. The first-order valence-electron chi connectivity index (χ1n) is 10.7. The fourth-order valence-corrected chi connectivity index (χ4v) is 5.02. The van der Waals surface area contributed by atoms with Gasteiger partial charge in [-0.25, -0.2) is 4.98 Å². The van der Waals surface area contributed by atoms with E-state index in [1.54, 1.807) is 29.3 Å². The maximum absolute atomic E-state index is 13.3. The van der Waals surface area contributed by atoms with Crippen molar-refractivity contribution in [2.75, 3.05) is 25.0 Å². The minimum absolute atomic E-state index is 0.0978. The second-order valence-corrected chi connectivity index (χ2v) is 9.34. The first-order valence-corrected chi connectivity index (χ1v) is 11.9. The molecule has 0 radical (unpaired) electrons. The molecule has 0 aromatic carbocycles. The number of thioether (sulfide) groups is 1. The Morgan fingerprint density at radius 2 is 2.23 bits per heavy atom. The van der Waals surface area contributed by atoms with Crippen LogP contribution in [0.15, 0.2) is 34.1 Å². The molecule has 4 rings (SSSR count). The third-order valence-corrected chi connectivity index (χ3v) is 6.80. The lowest BCUT2D eigenvalue weighted by Crippen LogP contribution is -2.29. The second kappa shape index (κ2) is 9.93. The number of unbranched alkanes of at least 4 members (excludes halogenated alkanes) is 2. The number of aromatic nitrogens is 2. The van der Waals surface area contributed by atoms with Crippen LogP contribution in [0.2, 0.25) is 0 Å². The molecule has 0 spiro atoms. The number of hydrogen-bond donors (Lipinski definition) is 1. The molecular weight excluding hydrogens is 432 g/mol. The number of rotatable bonds is 8. The van der Waals surface area contributed by atoms with Crippen molar-refractivity contribution in [2.24, 2.45) is 0 Å². The summed E-state index contributed by atoms with van der Waals surface area (Å²) >= 11 is 6.66. The van der Waals surface area contributed by atoms with Crippen LogP contribution < -0.4 is 10.9 Å². The summed E-state index contributed by atoms with van der Waals surface area (Å²) in [7, 11) is 0. The van der Waals surface area contributed by atoms with Crippen LogP contribution in [-0.2, 0) is 9.53 Å². The van der Waals surface area contributed by atoms with Crippen molar-refractivity contribution >= 4 is 51.7 Å². The van der Waals surface area contributed by atoms with Crippen LogP contribution in [0.25, 0.3) is 11.7 Å². The van der Waals surface area contributed by atoms with E-state index in [1.807, 2.05) is 6.07 Å². The van der Waals surface area contributed by atoms with E-state index in [4.69, 9.17) is 17.0 Å². The quantitative estimate of drug-likeness (QED) is 0.367. The van der Waals surface area contributed by atoms with Gasteiger partial charge in [-0.1, -0.05) is 49.8 Å². The summed E-state index contributed by atoms with van der Waals surface area (Å²) in [6.45, 7) is 4.05. The number of thiocarbonyl (C=S) groups is 1. The molecule has 2 aliphatic heterocycles. The van der Waals surface area contributed by atoms with Gasteiger partial charge >= 0.3 is 0 Å². The van der Waals surface area contributed by atoms with E-state index in [0.717, 1.165) is 38.7 Å². The van der Waals surface area contributed by atoms with Crippen LogP contribution in [0.1, 0.15) is 44.6 Å². The summed E-state index contributed by atoms with van der Waals surface area (Å²) in [6, 6.07) is 5.41. The Kier molecular flexibility index (Phi) is 7.04. The molecule has 9 heteroatoms. The molecule has 2 aromatic rings. The van der Waals surface area contributed by atoms with Gasteiger partial charge < -0.3 is 10.1 Å². The van der Waals surface area contributed by atoms with Gasteiger partial charge in [-0.3, -0.25) is 18.9 Å². The Bertz CT molecular complexity index is 1080. The molecule has 0 bridgehead atoms. The molecule has 0 saturated carbocycles. The van der Waals surface area contributed by atoms with E-state index in [0.29, 0.717) is 39.3 Å². The number of carbonyl (C=O) groups excluding carboxylic acids is 1. The summed E-state index contributed by atoms with van der Waals surface area (Å²) in [5.74, 6) is 0.316. The van der Waals surface area contributed by atoms with Crippen LogP contribution in [0.4, 0.5) is 5.82 Å². The van der Waals surface area contributed by atoms with Crippen LogP contribution in [0.3, 0.4) is 0 Å². The molecule has 2 saturated heterocycles. The zero-order valence-electron chi connectivity index (χ0n) is 17.5. The lowest BCUT2D eigenvalue weighted by atomic mass is 10.2. The topological polar surface area (TPSA) is 75.9 Å². The standard InChI is InChI=1S/C22H26N4O3S2/c1-2-3-5-11-26-21(28)17(31-22(26)30)13-16-19(23-14-15-8-7-12-29-15)24-18-9-4-6-10-25(18)20(16)27/h4,6,9-10,13,15,23H,2-3,5,7-8,11-12,14H2,1H3/b17-13+. The largest absolute Gasteiger partial charge is 0.376 e. The third-order valence-electron chi connectivity index (χ3n) is 5.42. The van der Waals surface area contributed by atoms with E-state index in [-0.39, 0.29) is 17.6 Å². The lowest BCUT2D eigenvalue weighted by Gasteiger charge is -2.14. The molecule has 7 nitrogen and oxygen atoms in total. The van der Waals surface area contributed by atoms with Crippen molar-refractivity contribution in [3.05, 3.63) is 45.2 Å². The number of carbonyl (C=O) groups is 1. The number of ether oxygens (including phenoxy) is 1. The first kappa shape index (κ1) is 22.0. The molecule has 1 N–H and O–H groups in total. The number of fused-ring (bicyclic) bond motifs is 1. The molecule has 1 atom stereocenters. The molecule has 164 valence electrons. The Hall–Kier alpha value is -2.23. The summed E-state index contributed by atoms with van der Waals surface area (Å²) < 4.78 is 7.71. The van der Waals surface area contributed by atoms with Gasteiger partial charge in [0.2, 0.25) is 0 Å². The van der Waals surface area contributed by atoms with Crippen molar-refractivity contribution in [2.45, 2.75) is 45.1 Å². The van der Waals surface area contributed by atoms with E-state index < -0.39 is 0 Å². The lowest BCUT2D eigenvalue weighted by molar-refractivity contribution is -0.122. The Morgan fingerprint density at radius 3 is 3.00 bits per heavy atom. The second-order valence-electron chi connectivity index (χ2n) is 7.66. The highest BCUT2D eigenvalue weighted by atomic mass is 32.2. The zero-order valence-corrected chi connectivity index (χ0v) is 19.1. The highest BCUT2D eigenvalue weighted by Gasteiger charge is 2.32.